The molecule has 0 radical (unpaired) electrons. The highest BCUT2D eigenvalue weighted by molar-refractivity contribution is 6.49. The predicted molar refractivity (Wildman–Crippen MR) is 75.2 cm³/mol. The number of aromatic amines is 1. The number of anilines is 1. The highest BCUT2D eigenvalue weighted by Crippen LogP contribution is 2.31. The van der Waals surface area contributed by atoms with Crippen molar-refractivity contribution in [2.24, 2.45) is 0 Å². The van der Waals surface area contributed by atoms with Crippen molar-refractivity contribution < 1.29 is 4.79 Å². The van der Waals surface area contributed by atoms with Crippen molar-refractivity contribution in [2.45, 2.75) is 13.3 Å². The number of nitrogens with one attached hydrogen (secondary N) is 2. The van der Waals surface area contributed by atoms with E-state index in [0.717, 1.165) is 12.1 Å². The summed E-state index contributed by atoms with van der Waals surface area (Å²) in [6, 6.07) is 1.73. The van der Waals surface area contributed by atoms with Crippen molar-refractivity contribution in [1.29, 1.82) is 0 Å². The highest BCUT2D eigenvalue weighted by atomic mass is 35.5. The third-order valence-electron chi connectivity index (χ3n) is 2.39. The van der Waals surface area contributed by atoms with Crippen LogP contribution >= 0.6 is 34.8 Å². The van der Waals surface area contributed by atoms with Crippen LogP contribution in [0.2, 0.25) is 15.1 Å². The van der Waals surface area contributed by atoms with Crippen molar-refractivity contribution in [2.75, 3.05) is 5.32 Å². The number of aromatic nitrogens is 3. The maximum atomic E-state index is 12.0. The normalized spacial score (nSPS) is 10.5. The zero-order valence-corrected chi connectivity index (χ0v) is 12.1. The van der Waals surface area contributed by atoms with Crippen LogP contribution in [0.25, 0.3) is 0 Å². The molecule has 0 saturated carbocycles. The van der Waals surface area contributed by atoms with Crippen LogP contribution in [0.15, 0.2) is 12.3 Å². The Kier molecular flexibility index (Phi) is 4.29. The fourth-order valence-electron chi connectivity index (χ4n) is 1.38. The van der Waals surface area contributed by atoms with Crippen LogP contribution < -0.4 is 5.32 Å². The molecule has 2 heterocycles. The molecule has 0 aliphatic heterocycles. The SMILES string of the molecule is CCc1cc(NC(=O)c2ncc(Cl)c(Cl)c2Cl)n[nH]1. The highest BCUT2D eigenvalue weighted by Gasteiger charge is 2.17. The minimum atomic E-state index is -0.502. The van der Waals surface area contributed by atoms with E-state index in [9.17, 15) is 4.79 Å². The summed E-state index contributed by atoms with van der Waals surface area (Å²) in [5, 5.41) is 9.59. The Morgan fingerprint density at radius 1 is 1.37 bits per heavy atom. The second-order valence-electron chi connectivity index (χ2n) is 3.67. The van der Waals surface area contributed by atoms with Gasteiger partial charge in [0.15, 0.2) is 5.82 Å². The molecule has 0 aliphatic carbocycles. The Bertz CT molecular complexity index is 626. The summed E-state index contributed by atoms with van der Waals surface area (Å²) in [7, 11) is 0. The molecule has 0 aliphatic rings. The number of pyridine rings is 1. The zero-order valence-electron chi connectivity index (χ0n) is 9.80. The van der Waals surface area contributed by atoms with Crippen LogP contribution in [0.5, 0.6) is 0 Å². The summed E-state index contributed by atoms with van der Waals surface area (Å²) >= 11 is 17.5. The summed E-state index contributed by atoms with van der Waals surface area (Å²) in [6.45, 7) is 1.97. The van der Waals surface area contributed by atoms with E-state index in [-0.39, 0.29) is 20.8 Å². The number of H-pyrrole nitrogens is 1. The van der Waals surface area contributed by atoms with Crippen molar-refractivity contribution in [3.63, 3.8) is 0 Å². The molecule has 0 unspecified atom stereocenters. The first-order chi connectivity index (χ1) is 9.02. The standard InChI is InChI=1S/C11H9Cl3N4O/c1-2-5-3-7(18-17-5)16-11(19)10-9(14)8(13)6(12)4-15-10/h3-4H,2H2,1H3,(H2,16,17,18,19). The van der Waals surface area contributed by atoms with E-state index in [4.69, 9.17) is 34.8 Å². The van der Waals surface area contributed by atoms with Crippen molar-refractivity contribution in [3.05, 3.63) is 38.7 Å². The third kappa shape index (κ3) is 3.00. The Morgan fingerprint density at radius 2 is 2.11 bits per heavy atom. The van der Waals surface area contributed by atoms with Gasteiger partial charge >= 0.3 is 0 Å². The minimum Gasteiger partial charge on any atom is -0.304 e. The van der Waals surface area contributed by atoms with Gasteiger partial charge in [0.25, 0.3) is 5.91 Å². The van der Waals surface area contributed by atoms with Crippen LogP contribution in [-0.2, 0) is 6.42 Å². The second-order valence-corrected chi connectivity index (χ2v) is 4.83. The van der Waals surface area contributed by atoms with Gasteiger partial charge in [0, 0.05) is 18.0 Å². The number of rotatable bonds is 3. The lowest BCUT2D eigenvalue weighted by Crippen LogP contribution is -2.14. The average molecular weight is 320 g/mol. The van der Waals surface area contributed by atoms with E-state index in [2.05, 4.69) is 20.5 Å². The number of amides is 1. The summed E-state index contributed by atoms with van der Waals surface area (Å²) in [4.78, 5) is 15.8. The lowest BCUT2D eigenvalue weighted by Gasteiger charge is -2.05. The molecule has 2 aromatic rings. The Balaban J connectivity index is 2.23. The first-order valence-electron chi connectivity index (χ1n) is 5.38. The zero-order chi connectivity index (χ0) is 14.0. The van der Waals surface area contributed by atoms with Crippen LogP contribution in [0.4, 0.5) is 5.82 Å². The monoisotopic (exact) mass is 318 g/mol. The van der Waals surface area contributed by atoms with Crippen LogP contribution in [0.1, 0.15) is 23.1 Å². The maximum absolute atomic E-state index is 12.0. The van der Waals surface area contributed by atoms with Gasteiger partial charge in [-0.25, -0.2) is 4.98 Å². The quantitative estimate of drug-likeness (QED) is 0.908. The van der Waals surface area contributed by atoms with Crippen LogP contribution in [0, 0.1) is 0 Å². The van der Waals surface area contributed by atoms with Gasteiger partial charge in [0.1, 0.15) is 5.69 Å². The molecule has 1 amide bonds. The molecule has 0 spiro atoms. The number of carbonyl (C=O) groups is 1. The molecule has 19 heavy (non-hydrogen) atoms. The van der Waals surface area contributed by atoms with E-state index in [0.29, 0.717) is 5.82 Å². The Labute approximate surface area is 124 Å². The van der Waals surface area contributed by atoms with E-state index >= 15 is 0 Å². The molecule has 0 fully saturated rings. The lowest BCUT2D eigenvalue weighted by atomic mass is 10.3. The van der Waals surface area contributed by atoms with Gasteiger partial charge < -0.3 is 5.32 Å². The van der Waals surface area contributed by atoms with Gasteiger partial charge in [0.05, 0.1) is 15.1 Å². The van der Waals surface area contributed by atoms with Gasteiger partial charge in [-0.1, -0.05) is 41.7 Å². The van der Waals surface area contributed by atoms with Crippen molar-refractivity contribution in [1.82, 2.24) is 15.2 Å². The largest absolute Gasteiger partial charge is 0.304 e. The molecular weight excluding hydrogens is 311 g/mol. The van der Waals surface area contributed by atoms with Crippen molar-refractivity contribution >= 4 is 46.5 Å². The molecule has 0 aromatic carbocycles. The fourth-order valence-corrected chi connectivity index (χ4v) is 1.95. The number of halogens is 3. The minimum absolute atomic E-state index is 0.00267. The number of aryl methyl sites for hydroxylation is 1. The Morgan fingerprint density at radius 3 is 2.74 bits per heavy atom. The Hall–Kier alpha value is -1.30. The van der Waals surface area contributed by atoms with E-state index in [1.807, 2.05) is 6.92 Å². The third-order valence-corrected chi connectivity index (χ3v) is 3.63. The molecule has 2 N–H and O–H groups in total. The van der Waals surface area contributed by atoms with Gasteiger partial charge in [-0.3, -0.25) is 9.89 Å². The summed E-state index contributed by atoms with van der Waals surface area (Å²) in [6.07, 6.45) is 2.06. The molecule has 2 rings (SSSR count). The van der Waals surface area contributed by atoms with Gasteiger partial charge in [-0.15, -0.1) is 0 Å². The molecule has 8 heteroatoms. The second kappa shape index (κ2) is 5.77. The van der Waals surface area contributed by atoms with Crippen molar-refractivity contribution in [3.8, 4) is 0 Å². The van der Waals surface area contributed by atoms with E-state index < -0.39 is 5.91 Å². The summed E-state index contributed by atoms with van der Waals surface area (Å²) in [5.41, 5.74) is 0.903. The summed E-state index contributed by atoms with van der Waals surface area (Å²) in [5.74, 6) is -0.108. The molecule has 5 nitrogen and oxygen atoms in total. The molecule has 0 saturated heterocycles. The smallest absolute Gasteiger partial charge is 0.277 e. The first kappa shape index (κ1) is 14.1. The molecule has 100 valence electrons. The topological polar surface area (TPSA) is 70.7 Å². The van der Waals surface area contributed by atoms with Gasteiger partial charge in [0.2, 0.25) is 0 Å². The van der Waals surface area contributed by atoms with E-state index in [1.54, 1.807) is 6.07 Å². The van der Waals surface area contributed by atoms with Crippen LogP contribution in [0.3, 0.4) is 0 Å². The molecule has 2 aromatic heterocycles. The fraction of sp³-hybridized carbons (Fsp3) is 0.182. The van der Waals surface area contributed by atoms with Gasteiger partial charge in [-0.2, -0.15) is 5.10 Å². The molecule has 0 atom stereocenters. The van der Waals surface area contributed by atoms with Crippen LogP contribution in [-0.4, -0.2) is 21.1 Å². The predicted octanol–water partition coefficient (Wildman–Crippen LogP) is 3.58. The number of carbonyl (C=O) groups excluding carboxylic acids is 1. The average Bonchev–Trinajstić information content (AvgIpc) is 2.83. The molecular formula is C11H9Cl3N4O. The maximum Gasteiger partial charge on any atom is 0.277 e. The van der Waals surface area contributed by atoms with Gasteiger partial charge in [-0.05, 0) is 6.42 Å². The summed E-state index contributed by atoms with van der Waals surface area (Å²) < 4.78 is 0. The molecule has 0 bridgehead atoms. The number of hydrogen-bond donors (Lipinski definition) is 2. The van der Waals surface area contributed by atoms with E-state index in [1.165, 1.54) is 6.20 Å². The number of hydrogen-bond acceptors (Lipinski definition) is 3. The number of nitrogens with zero attached hydrogens (tertiary/aromatic N) is 2. The lowest BCUT2D eigenvalue weighted by molar-refractivity contribution is 0.102. The first-order valence-corrected chi connectivity index (χ1v) is 6.51.